The fraction of sp³-hybridized carbons (Fsp3) is 0.478. The highest BCUT2D eigenvalue weighted by Gasteiger charge is 2.30. The summed E-state index contributed by atoms with van der Waals surface area (Å²) < 4.78 is 0. The van der Waals surface area contributed by atoms with Crippen LogP contribution in [0.5, 0.6) is 0 Å². The van der Waals surface area contributed by atoms with Gasteiger partial charge >= 0.3 is 5.97 Å². The van der Waals surface area contributed by atoms with E-state index in [1.165, 1.54) is 0 Å². The van der Waals surface area contributed by atoms with Crippen molar-refractivity contribution in [3.8, 4) is 0 Å². The van der Waals surface area contributed by atoms with Gasteiger partial charge in [0.15, 0.2) is 0 Å². The molecule has 0 aliphatic rings. The Labute approximate surface area is 192 Å². The second kappa shape index (κ2) is 11.5. The number of para-hydroxylation sites is 1. The number of nitrogens with two attached hydrogens (primary N) is 1. The van der Waals surface area contributed by atoms with Gasteiger partial charge in [0, 0.05) is 17.1 Å². The number of aromatic nitrogens is 1. The molecule has 2 aromatic rings. The second-order valence-corrected chi connectivity index (χ2v) is 8.75. The molecule has 0 bridgehead atoms. The first-order valence-electron chi connectivity index (χ1n) is 10.9. The Hall–Kier alpha value is -3.40. The molecule has 0 saturated heterocycles. The molecule has 0 saturated carbocycles. The lowest BCUT2D eigenvalue weighted by Crippen LogP contribution is -2.56. The molecule has 0 spiro atoms. The SMILES string of the molecule is CC(C)C(NC(=O)C(NC(=O)CNC(=O)C(N)Cc1c[nH]c2ccccc12)C(C)C)C(=O)O. The van der Waals surface area contributed by atoms with E-state index in [1.54, 1.807) is 33.9 Å². The average molecular weight is 460 g/mol. The number of rotatable bonds is 11. The second-order valence-electron chi connectivity index (χ2n) is 8.75. The number of carboxylic acid groups (broad SMARTS) is 1. The zero-order chi connectivity index (χ0) is 24.7. The minimum Gasteiger partial charge on any atom is -0.480 e. The van der Waals surface area contributed by atoms with Crippen molar-refractivity contribution in [1.82, 2.24) is 20.9 Å². The summed E-state index contributed by atoms with van der Waals surface area (Å²) in [7, 11) is 0. The molecule has 0 aliphatic heterocycles. The van der Waals surface area contributed by atoms with Crippen LogP contribution in [0, 0.1) is 11.8 Å². The van der Waals surface area contributed by atoms with Gasteiger partial charge in [0.25, 0.3) is 0 Å². The van der Waals surface area contributed by atoms with Crippen molar-refractivity contribution < 1.29 is 24.3 Å². The molecule has 1 aromatic carbocycles. The summed E-state index contributed by atoms with van der Waals surface area (Å²) in [5.74, 6) is -3.44. The topological polar surface area (TPSA) is 166 Å². The van der Waals surface area contributed by atoms with E-state index in [9.17, 15) is 24.3 Å². The summed E-state index contributed by atoms with van der Waals surface area (Å²) in [6, 6.07) is 4.79. The third-order valence-corrected chi connectivity index (χ3v) is 5.37. The van der Waals surface area contributed by atoms with Gasteiger partial charge in [-0.3, -0.25) is 14.4 Å². The van der Waals surface area contributed by atoms with E-state index in [-0.39, 0.29) is 18.4 Å². The van der Waals surface area contributed by atoms with E-state index in [0.29, 0.717) is 6.42 Å². The lowest BCUT2D eigenvalue weighted by atomic mass is 10.0. The van der Waals surface area contributed by atoms with Crippen LogP contribution in [0.25, 0.3) is 10.9 Å². The van der Waals surface area contributed by atoms with Gasteiger partial charge in [-0.05, 0) is 29.9 Å². The number of carboxylic acids is 1. The summed E-state index contributed by atoms with van der Waals surface area (Å²) in [4.78, 5) is 51.8. The first-order chi connectivity index (χ1) is 15.5. The number of nitrogens with one attached hydrogen (secondary N) is 4. The molecule has 7 N–H and O–H groups in total. The number of hydrogen-bond donors (Lipinski definition) is 6. The average Bonchev–Trinajstić information content (AvgIpc) is 3.16. The molecule has 1 aromatic heterocycles. The molecular formula is C23H33N5O5. The van der Waals surface area contributed by atoms with Gasteiger partial charge in [-0.25, -0.2) is 4.79 Å². The molecule has 10 heteroatoms. The molecule has 0 fully saturated rings. The first-order valence-corrected chi connectivity index (χ1v) is 10.9. The number of aliphatic carboxylic acids is 1. The van der Waals surface area contributed by atoms with Gasteiger partial charge in [0.1, 0.15) is 12.1 Å². The first kappa shape index (κ1) is 25.9. The van der Waals surface area contributed by atoms with Gasteiger partial charge in [0.2, 0.25) is 17.7 Å². The summed E-state index contributed by atoms with van der Waals surface area (Å²) in [6.45, 7) is 6.45. The lowest BCUT2D eigenvalue weighted by Gasteiger charge is -2.25. The van der Waals surface area contributed by atoms with E-state index in [1.807, 2.05) is 24.3 Å². The Morgan fingerprint density at radius 3 is 2.21 bits per heavy atom. The smallest absolute Gasteiger partial charge is 0.326 e. The van der Waals surface area contributed by atoms with E-state index >= 15 is 0 Å². The monoisotopic (exact) mass is 459 g/mol. The number of carbonyl (C=O) groups is 4. The van der Waals surface area contributed by atoms with Crippen molar-refractivity contribution in [3.63, 3.8) is 0 Å². The standard InChI is InChI=1S/C23H33N5O5/c1-12(2)19(22(31)28-20(13(3)4)23(32)33)27-18(29)11-26-21(30)16(24)9-14-10-25-17-8-6-5-7-15(14)17/h5-8,10,12-13,16,19-20,25H,9,11,24H2,1-4H3,(H,26,30)(H,27,29)(H,28,31)(H,32,33). The maximum Gasteiger partial charge on any atom is 0.326 e. The highest BCUT2D eigenvalue weighted by molar-refractivity contribution is 5.93. The minimum absolute atomic E-state index is 0.292. The molecule has 2 rings (SSSR count). The molecule has 3 amide bonds. The van der Waals surface area contributed by atoms with Crippen LogP contribution in [0.3, 0.4) is 0 Å². The van der Waals surface area contributed by atoms with Crippen LogP contribution in [0.1, 0.15) is 33.3 Å². The number of hydrogen-bond acceptors (Lipinski definition) is 5. The number of amides is 3. The van der Waals surface area contributed by atoms with Gasteiger partial charge in [-0.2, -0.15) is 0 Å². The van der Waals surface area contributed by atoms with Crippen LogP contribution >= 0.6 is 0 Å². The van der Waals surface area contributed by atoms with Crippen LogP contribution in [0.4, 0.5) is 0 Å². The molecule has 3 unspecified atom stereocenters. The van der Waals surface area contributed by atoms with Gasteiger partial charge in [-0.15, -0.1) is 0 Å². The van der Waals surface area contributed by atoms with Crippen LogP contribution in [-0.4, -0.2) is 58.5 Å². The molecule has 33 heavy (non-hydrogen) atoms. The van der Waals surface area contributed by atoms with Crippen molar-refractivity contribution in [2.24, 2.45) is 17.6 Å². The summed E-state index contributed by atoms with van der Waals surface area (Å²) in [6.07, 6.45) is 2.10. The fourth-order valence-corrected chi connectivity index (χ4v) is 3.44. The van der Waals surface area contributed by atoms with Crippen LogP contribution < -0.4 is 21.7 Å². The lowest BCUT2D eigenvalue weighted by molar-refractivity contribution is -0.143. The van der Waals surface area contributed by atoms with Crippen molar-refractivity contribution in [3.05, 3.63) is 36.0 Å². The van der Waals surface area contributed by atoms with Crippen LogP contribution in [0.2, 0.25) is 0 Å². The van der Waals surface area contributed by atoms with Gasteiger partial charge in [0.05, 0.1) is 12.6 Å². The Balaban J connectivity index is 1.90. The quantitative estimate of drug-likeness (QED) is 0.286. The highest BCUT2D eigenvalue weighted by Crippen LogP contribution is 2.18. The van der Waals surface area contributed by atoms with Crippen molar-refractivity contribution >= 4 is 34.6 Å². The summed E-state index contributed by atoms with van der Waals surface area (Å²) in [5, 5.41) is 17.8. The zero-order valence-corrected chi connectivity index (χ0v) is 19.3. The Kier molecular flexibility index (Phi) is 8.98. The Bertz CT molecular complexity index is 1000. The number of aromatic amines is 1. The largest absolute Gasteiger partial charge is 0.480 e. The number of benzene rings is 1. The van der Waals surface area contributed by atoms with Gasteiger partial charge in [-0.1, -0.05) is 45.9 Å². The summed E-state index contributed by atoms with van der Waals surface area (Å²) in [5.41, 5.74) is 7.86. The van der Waals surface area contributed by atoms with Gasteiger partial charge < -0.3 is 31.8 Å². The van der Waals surface area contributed by atoms with Crippen molar-refractivity contribution in [2.45, 2.75) is 52.2 Å². The minimum atomic E-state index is -1.15. The van der Waals surface area contributed by atoms with E-state index in [2.05, 4.69) is 20.9 Å². The Morgan fingerprint density at radius 2 is 1.61 bits per heavy atom. The van der Waals surface area contributed by atoms with Crippen LogP contribution in [0.15, 0.2) is 30.5 Å². The van der Waals surface area contributed by atoms with E-state index in [4.69, 9.17) is 5.73 Å². The molecule has 10 nitrogen and oxygen atoms in total. The molecule has 0 radical (unpaired) electrons. The predicted octanol–water partition coefficient (Wildman–Crippen LogP) is 0.520. The van der Waals surface area contributed by atoms with E-state index in [0.717, 1.165) is 16.5 Å². The zero-order valence-electron chi connectivity index (χ0n) is 19.3. The maximum absolute atomic E-state index is 12.6. The molecule has 3 atom stereocenters. The van der Waals surface area contributed by atoms with Crippen molar-refractivity contribution in [2.75, 3.05) is 6.54 Å². The molecule has 180 valence electrons. The molecular weight excluding hydrogens is 426 g/mol. The number of fused-ring (bicyclic) bond motifs is 1. The number of H-pyrrole nitrogens is 1. The summed E-state index contributed by atoms with van der Waals surface area (Å²) >= 11 is 0. The van der Waals surface area contributed by atoms with Crippen molar-refractivity contribution in [1.29, 1.82) is 0 Å². The van der Waals surface area contributed by atoms with Crippen LogP contribution in [-0.2, 0) is 25.6 Å². The van der Waals surface area contributed by atoms with E-state index < -0.39 is 41.8 Å². The predicted molar refractivity (Wildman–Crippen MR) is 124 cm³/mol. The molecule has 0 aliphatic carbocycles. The third kappa shape index (κ3) is 7.04. The highest BCUT2D eigenvalue weighted by atomic mass is 16.4. The third-order valence-electron chi connectivity index (χ3n) is 5.37. The fourth-order valence-electron chi connectivity index (χ4n) is 3.44. The Morgan fingerprint density at radius 1 is 0.970 bits per heavy atom. The normalized spacial score (nSPS) is 14.0. The number of carbonyl (C=O) groups excluding carboxylic acids is 3. The molecule has 1 heterocycles. The maximum atomic E-state index is 12.6.